The second-order valence-corrected chi connectivity index (χ2v) is 3.57. The van der Waals surface area contributed by atoms with Gasteiger partial charge in [-0.1, -0.05) is 11.8 Å². The van der Waals surface area contributed by atoms with E-state index in [2.05, 4.69) is 9.97 Å². The van der Waals surface area contributed by atoms with E-state index >= 15 is 0 Å². The summed E-state index contributed by atoms with van der Waals surface area (Å²) in [4.78, 5) is 18.4. The van der Waals surface area contributed by atoms with Gasteiger partial charge >= 0.3 is 0 Å². The van der Waals surface area contributed by atoms with Crippen LogP contribution in [0.5, 0.6) is 0 Å². The molecule has 5 heteroatoms. The topological polar surface area (TPSA) is 68.9 Å². The monoisotopic (exact) mass is 183 g/mol. The third-order valence-electron chi connectivity index (χ3n) is 1.25. The van der Waals surface area contributed by atoms with Crippen LogP contribution in [0.25, 0.3) is 0 Å². The van der Waals surface area contributed by atoms with Crippen LogP contribution in [0, 0.1) is 0 Å². The molecule has 4 nitrogen and oxygen atoms in total. The van der Waals surface area contributed by atoms with Crippen molar-refractivity contribution in [2.45, 2.75) is 17.2 Å². The van der Waals surface area contributed by atoms with Gasteiger partial charge in [0.05, 0.1) is 5.25 Å². The Hall–Kier alpha value is -1.10. The first-order valence-electron chi connectivity index (χ1n) is 3.42. The van der Waals surface area contributed by atoms with Gasteiger partial charge in [0.15, 0.2) is 0 Å². The predicted octanol–water partition coefficient (Wildman–Crippen LogP) is 0.443. The molecule has 2 N–H and O–H groups in total. The Morgan fingerprint density at radius 2 is 2.50 bits per heavy atom. The average molecular weight is 183 g/mol. The largest absolute Gasteiger partial charge is 0.369 e. The molecular formula is C7H9N3OS. The highest BCUT2D eigenvalue weighted by molar-refractivity contribution is 8.00. The standard InChI is InChI=1S/C7H9N3OS/c1-5(7(8)11)12-6-2-3-9-4-10-6/h2-5H,1H3,(H2,8,11). The average Bonchev–Trinajstić information content (AvgIpc) is 2.06. The first-order valence-corrected chi connectivity index (χ1v) is 4.30. The van der Waals surface area contributed by atoms with Gasteiger partial charge in [-0.3, -0.25) is 4.79 Å². The lowest BCUT2D eigenvalue weighted by atomic mass is 10.5. The number of nitrogens with zero attached hydrogens (tertiary/aromatic N) is 2. The van der Waals surface area contributed by atoms with E-state index in [1.54, 1.807) is 19.2 Å². The molecule has 1 amide bonds. The van der Waals surface area contributed by atoms with Crippen molar-refractivity contribution >= 4 is 17.7 Å². The highest BCUT2D eigenvalue weighted by Gasteiger charge is 2.10. The Kier molecular flexibility index (Phi) is 3.04. The number of rotatable bonds is 3. The molecule has 0 bridgehead atoms. The number of hydrogen-bond donors (Lipinski definition) is 1. The van der Waals surface area contributed by atoms with Gasteiger partial charge in [-0.2, -0.15) is 0 Å². The van der Waals surface area contributed by atoms with Gasteiger partial charge in [0.25, 0.3) is 0 Å². The number of hydrogen-bond acceptors (Lipinski definition) is 4. The maximum Gasteiger partial charge on any atom is 0.230 e. The molecule has 0 fully saturated rings. The van der Waals surface area contributed by atoms with Gasteiger partial charge in [0.1, 0.15) is 11.4 Å². The zero-order valence-electron chi connectivity index (χ0n) is 6.60. The Labute approximate surface area is 74.6 Å². The molecule has 0 aliphatic rings. The van der Waals surface area contributed by atoms with E-state index in [4.69, 9.17) is 5.73 Å². The SMILES string of the molecule is CC(Sc1ccncn1)C(N)=O. The van der Waals surface area contributed by atoms with Crippen LogP contribution in [0.4, 0.5) is 0 Å². The summed E-state index contributed by atoms with van der Waals surface area (Å²) in [5, 5.41) is 0.510. The first kappa shape index (κ1) is 8.99. The molecule has 1 heterocycles. The fourth-order valence-corrected chi connectivity index (χ4v) is 1.31. The van der Waals surface area contributed by atoms with E-state index in [1.807, 2.05) is 0 Å². The summed E-state index contributed by atoms with van der Waals surface area (Å²) in [5.74, 6) is -0.335. The lowest BCUT2D eigenvalue weighted by molar-refractivity contribution is -0.117. The molecule has 1 unspecified atom stereocenters. The Bertz CT molecular complexity index is 265. The Balaban J connectivity index is 2.58. The molecule has 1 aromatic heterocycles. The molecule has 0 aliphatic heterocycles. The summed E-state index contributed by atoms with van der Waals surface area (Å²) < 4.78 is 0. The lowest BCUT2D eigenvalue weighted by Crippen LogP contribution is -2.22. The maximum atomic E-state index is 10.7. The van der Waals surface area contributed by atoms with Crippen molar-refractivity contribution in [2.24, 2.45) is 5.73 Å². The summed E-state index contributed by atoms with van der Waals surface area (Å²) >= 11 is 1.33. The third kappa shape index (κ3) is 2.50. The fraction of sp³-hybridized carbons (Fsp3) is 0.286. The van der Waals surface area contributed by atoms with Gasteiger partial charge in [0, 0.05) is 6.20 Å². The highest BCUT2D eigenvalue weighted by Crippen LogP contribution is 2.18. The molecule has 0 spiro atoms. The number of carbonyl (C=O) groups excluding carboxylic acids is 1. The van der Waals surface area contributed by atoms with Crippen LogP contribution in [0.1, 0.15) is 6.92 Å². The second-order valence-electron chi connectivity index (χ2n) is 2.21. The van der Waals surface area contributed by atoms with Crippen LogP contribution in [-0.2, 0) is 4.79 Å². The molecule has 1 aromatic rings. The normalized spacial score (nSPS) is 12.4. The molecule has 0 aliphatic carbocycles. The number of carbonyl (C=O) groups is 1. The Morgan fingerprint density at radius 3 is 3.00 bits per heavy atom. The number of thioether (sulfide) groups is 1. The minimum absolute atomic E-state index is 0.250. The van der Waals surface area contributed by atoms with E-state index in [1.165, 1.54) is 18.1 Å². The summed E-state index contributed by atoms with van der Waals surface area (Å²) in [5.41, 5.74) is 5.08. The summed E-state index contributed by atoms with van der Waals surface area (Å²) in [6.07, 6.45) is 3.07. The van der Waals surface area contributed by atoms with E-state index in [0.29, 0.717) is 0 Å². The van der Waals surface area contributed by atoms with E-state index < -0.39 is 0 Å². The van der Waals surface area contributed by atoms with Gasteiger partial charge < -0.3 is 5.73 Å². The van der Waals surface area contributed by atoms with Crippen LogP contribution in [0.2, 0.25) is 0 Å². The van der Waals surface area contributed by atoms with Crippen LogP contribution in [-0.4, -0.2) is 21.1 Å². The fourth-order valence-electron chi connectivity index (χ4n) is 0.587. The van der Waals surface area contributed by atoms with E-state index in [9.17, 15) is 4.79 Å². The third-order valence-corrected chi connectivity index (χ3v) is 2.32. The maximum absolute atomic E-state index is 10.7. The number of amides is 1. The van der Waals surface area contributed by atoms with Crippen LogP contribution < -0.4 is 5.73 Å². The quantitative estimate of drug-likeness (QED) is 0.545. The molecule has 0 saturated carbocycles. The molecular weight excluding hydrogens is 174 g/mol. The molecule has 12 heavy (non-hydrogen) atoms. The van der Waals surface area contributed by atoms with E-state index in [-0.39, 0.29) is 11.2 Å². The van der Waals surface area contributed by atoms with Crippen molar-refractivity contribution in [2.75, 3.05) is 0 Å². The molecule has 1 atom stereocenters. The summed E-state index contributed by atoms with van der Waals surface area (Å²) in [6, 6.07) is 1.74. The predicted molar refractivity (Wildman–Crippen MR) is 46.5 cm³/mol. The number of aromatic nitrogens is 2. The number of primary amides is 1. The van der Waals surface area contributed by atoms with Crippen LogP contribution >= 0.6 is 11.8 Å². The van der Waals surface area contributed by atoms with Crippen molar-refractivity contribution in [1.82, 2.24) is 9.97 Å². The van der Waals surface area contributed by atoms with Gasteiger partial charge in [-0.15, -0.1) is 0 Å². The summed E-state index contributed by atoms with van der Waals surface area (Å²) in [7, 11) is 0. The van der Waals surface area contributed by atoms with Crippen molar-refractivity contribution in [3.63, 3.8) is 0 Å². The zero-order chi connectivity index (χ0) is 8.97. The van der Waals surface area contributed by atoms with Gasteiger partial charge in [-0.05, 0) is 13.0 Å². The van der Waals surface area contributed by atoms with Crippen molar-refractivity contribution in [3.05, 3.63) is 18.6 Å². The summed E-state index contributed by atoms with van der Waals surface area (Å²) in [6.45, 7) is 1.75. The van der Waals surface area contributed by atoms with Crippen molar-refractivity contribution < 1.29 is 4.79 Å². The van der Waals surface area contributed by atoms with Crippen LogP contribution in [0.15, 0.2) is 23.6 Å². The molecule has 1 rings (SSSR count). The van der Waals surface area contributed by atoms with E-state index in [0.717, 1.165) is 5.03 Å². The van der Waals surface area contributed by atoms with Crippen molar-refractivity contribution in [3.8, 4) is 0 Å². The smallest absolute Gasteiger partial charge is 0.230 e. The first-order chi connectivity index (χ1) is 5.70. The van der Waals surface area contributed by atoms with Crippen LogP contribution in [0.3, 0.4) is 0 Å². The van der Waals surface area contributed by atoms with Crippen molar-refractivity contribution in [1.29, 1.82) is 0 Å². The van der Waals surface area contributed by atoms with Gasteiger partial charge in [-0.25, -0.2) is 9.97 Å². The minimum Gasteiger partial charge on any atom is -0.369 e. The van der Waals surface area contributed by atoms with Gasteiger partial charge in [0.2, 0.25) is 5.91 Å². The molecule has 64 valence electrons. The Morgan fingerprint density at radius 1 is 1.75 bits per heavy atom. The highest BCUT2D eigenvalue weighted by atomic mass is 32.2. The molecule has 0 saturated heterocycles. The zero-order valence-corrected chi connectivity index (χ0v) is 7.41. The lowest BCUT2D eigenvalue weighted by Gasteiger charge is -2.04. The molecule has 0 radical (unpaired) electrons. The second kappa shape index (κ2) is 4.06. The molecule has 0 aromatic carbocycles. The minimum atomic E-state index is -0.335. The number of nitrogens with two attached hydrogens (primary N) is 1.